The Hall–Kier alpha value is -0.120. The lowest BCUT2D eigenvalue weighted by molar-refractivity contribution is -0.0318. The fourth-order valence-corrected chi connectivity index (χ4v) is 4.06. The van der Waals surface area contributed by atoms with Crippen molar-refractivity contribution in [1.82, 2.24) is 4.90 Å². The molecule has 0 spiro atoms. The van der Waals surface area contributed by atoms with Gasteiger partial charge in [-0.15, -0.1) is 0 Å². The number of methoxy groups -OCH3 is 1. The predicted molar refractivity (Wildman–Crippen MR) is 71.0 cm³/mol. The monoisotopic (exact) mass is 240 g/mol. The smallest absolute Gasteiger partial charge is 0.0698 e. The van der Waals surface area contributed by atoms with Crippen LogP contribution in [0.5, 0.6) is 0 Å². The number of nitrogens with zero attached hydrogens (tertiary/aromatic N) is 1. The summed E-state index contributed by atoms with van der Waals surface area (Å²) in [4.78, 5) is 2.66. The highest BCUT2D eigenvalue weighted by molar-refractivity contribution is 5.02. The maximum Gasteiger partial charge on any atom is 0.0698 e. The zero-order chi connectivity index (χ0) is 12.3. The van der Waals surface area contributed by atoms with Crippen LogP contribution in [0.3, 0.4) is 0 Å². The van der Waals surface area contributed by atoms with Crippen LogP contribution in [-0.2, 0) is 4.74 Å². The summed E-state index contributed by atoms with van der Waals surface area (Å²) >= 11 is 0. The highest BCUT2D eigenvalue weighted by Crippen LogP contribution is 2.42. The van der Waals surface area contributed by atoms with Crippen LogP contribution < -0.4 is 5.73 Å². The Balaban J connectivity index is 2.11. The second-order valence-corrected chi connectivity index (χ2v) is 5.75. The first-order chi connectivity index (χ1) is 8.26. The second-order valence-electron chi connectivity index (χ2n) is 5.75. The molecule has 2 rings (SSSR count). The van der Waals surface area contributed by atoms with E-state index in [2.05, 4.69) is 11.8 Å². The number of rotatable bonds is 4. The summed E-state index contributed by atoms with van der Waals surface area (Å²) in [5.41, 5.74) is 6.45. The molecule has 2 N–H and O–H groups in total. The molecule has 1 saturated heterocycles. The molecule has 100 valence electrons. The van der Waals surface area contributed by atoms with E-state index >= 15 is 0 Å². The summed E-state index contributed by atoms with van der Waals surface area (Å²) in [6, 6.07) is 0. The van der Waals surface area contributed by atoms with E-state index < -0.39 is 0 Å². The molecule has 1 saturated carbocycles. The average Bonchev–Trinajstić information content (AvgIpc) is 2.82. The third-order valence-corrected chi connectivity index (χ3v) is 5.11. The molecule has 3 atom stereocenters. The Morgan fingerprint density at radius 3 is 2.82 bits per heavy atom. The molecule has 0 amide bonds. The fourth-order valence-electron chi connectivity index (χ4n) is 4.06. The molecule has 17 heavy (non-hydrogen) atoms. The molecule has 2 aliphatic rings. The Morgan fingerprint density at radius 1 is 1.35 bits per heavy atom. The molecule has 1 aliphatic carbocycles. The van der Waals surface area contributed by atoms with Crippen molar-refractivity contribution in [2.45, 2.75) is 57.1 Å². The van der Waals surface area contributed by atoms with Gasteiger partial charge in [0.25, 0.3) is 0 Å². The van der Waals surface area contributed by atoms with Crippen molar-refractivity contribution in [1.29, 1.82) is 0 Å². The van der Waals surface area contributed by atoms with Crippen LogP contribution in [0, 0.1) is 5.92 Å². The third-order valence-electron chi connectivity index (χ3n) is 5.11. The van der Waals surface area contributed by atoms with Crippen LogP contribution >= 0.6 is 0 Å². The minimum absolute atomic E-state index is 0.284. The lowest BCUT2D eigenvalue weighted by Crippen LogP contribution is -2.59. The van der Waals surface area contributed by atoms with Gasteiger partial charge in [0.15, 0.2) is 0 Å². The summed E-state index contributed by atoms with van der Waals surface area (Å²) < 4.78 is 5.56. The molecule has 0 aromatic heterocycles. The molecule has 3 nitrogen and oxygen atoms in total. The van der Waals surface area contributed by atoms with Crippen molar-refractivity contribution in [3.05, 3.63) is 0 Å². The molecule has 0 aromatic rings. The number of piperidine rings is 1. The maximum absolute atomic E-state index is 6.17. The van der Waals surface area contributed by atoms with Crippen molar-refractivity contribution in [3.8, 4) is 0 Å². The van der Waals surface area contributed by atoms with Crippen molar-refractivity contribution >= 4 is 0 Å². The van der Waals surface area contributed by atoms with Gasteiger partial charge in [0.1, 0.15) is 0 Å². The topological polar surface area (TPSA) is 38.5 Å². The Bertz CT molecular complexity index is 246. The van der Waals surface area contributed by atoms with Crippen LogP contribution in [0.1, 0.15) is 45.4 Å². The first-order valence-electron chi connectivity index (χ1n) is 7.24. The predicted octanol–water partition coefficient (Wildman–Crippen LogP) is 2.00. The number of likely N-dealkylation sites (tertiary alicyclic amines) is 1. The molecular formula is C14H28N2O. The molecule has 0 radical (unpaired) electrons. The van der Waals surface area contributed by atoms with E-state index in [0.717, 1.165) is 19.0 Å². The van der Waals surface area contributed by atoms with Crippen molar-refractivity contribution in [2.24, 2.45) is 11.7 Å². The minimum atomic E-state index is 0.284. The lowest BCUT2D eigenvalue weighted by Gasteiger charge is -2.48. The quantitative estimate of drug-likeness (QED) is 0.817. The van der Waals surface area contributed by atoms with E-state index in [1.807, 2.05) is 7.11 Å². The molecule has 3 unspecified atom stereocenters. The second kappa shape index (κ2) is 5.68. The van der Waals surface area contributed by atoms with E-state index in [-0.39, 0.29) is 5.54 Å². The first-order valence-corrected chi connectivity index (χ1v) is 7.24. The standard InChI is InChI=1S/C14H28N2O/c1-3-12-6-4-8-14(12,11-15)16-9-5-7-13(10-16)17-2/h12-13H,3-11,15H2,1-2H3. The molecule has 2 fully saturated rings. The van der Waals surface area contributed by atoms with Gasteiger partial charge in [-0.25, -0.2) is 0 Å². The van der Waals surface area contributed by atoms with Gasteiger partial charge in [-0.2, -0.15) is 0 Å². The Labute approximate surface area is 106 Å². The summed E-state index contributed by atoms with van der Waals surface area (Å²) in [6.45, 7) is 5.44. The van der Waals surface area contributed by atoms with E-state index in [4.69, 9.17) is 10.5 Å². The van der Waals surface area contributed by atoms with Gasteiger partial charge >= 0.3 is 0 Å². The van der Waals surface area contributed by atoms with Gasteiger partial charge in [0, 0.05) is 25.7 Å². The van der Waals surface area contributed by atoms with Crippen LogP contribution in [0.4, 0.5) is 0 Å². The Kier molecular flexibility index (Phi) is 4.45. The van der Waals surface area contributed by atoms with Gasteiger partial charge in [0.05, 0.1) is 6.10 Å². The highest BCUT2D eigenvalue weighted by Gasteiger charge is 2.46. The number of nitrogens with two attached hydrogens (primary N) is 1. The average molecular weight is 240 g/mol. The van der Waals surface area contributed by atoms with Crippen molar-refractivity contribution in [3.63, 3.8) is 0 Å². The van der Waals surface area contributed by atoms with Crippen molar-refractivity contribution < 1.29 is 4.74 Å². The van der Waals surface area contributed by atoms with Gasteiger partial charge in [-0.3, -0.25) is 4.90 Å². The first kappa shape index (κ1) is 13.3. The number of hydrogen-bond acceptors (Lipinski definition) is 3. The van der Waals surface area contributed by atoms with Crippen LogP contribution in [-0.4, -0.2) is 43.3 Å². The van der Waals surface area contributed by atoms with E-state index in [1.165, 1.54) is 45.1 Å². The third kappa shape index (κ3) is 2.38. The molecule has 1 heterocycles. The van der Waals surface area contributed by atoms with Crippen LogP contribution in [0.15, 0.2) is 0 Å². The summed E-state index contributed by atoms with van der Waals surface area (Å²) in [6.07, 6.45) is 8.17. The zero-order valence-corrected chi connectivity index (χ0v) is 11.5. The SMILES string of the molecule is CCC1CCCC1(CN)N1CCCC(OC)C1. The number of ether oxygens (including phenoxy) is 1. The van der Waals surface area contributed by atoms with Gasteiger partial charge < -0.3 is 10.5 Å². The van der Waals surface area contributed by atoms with Crippen LogP contribution in [0.2, 0.25) is 0 Å². The van der Waals surface area contributed by atoms with Gasteiger partial charge in [0.2, 0.25) is 0 Å². The van der Waals surface area contributed by atoms with Gasteiger partial charge in [-0.1, -0.05) is 19.8 Å². The molecule has 3 heteroatoms. The van der Waals surface area contributed by atoms with E-state index in [0.29, 0.717) is 6.10 Å². The molecule has 0 bridgehead atoms. The molecule has 0 aromatic carbocycles. The number of hydrogen-bond donors (Lipinski definition) is 1. The van der Waals surface area contributed by atoms with E-state index in [9.17, 15) is 0 Å². The van der Waals surface area contributed by atoms with Crippen molar-refractivity contribution in [2.75, 3.05) is 26.7 Å². The normalized spacial score (nSPS) is 39.7. The molecular weight excluding hydrogens is 212 g/mol. The fraction of sp³-hybridized carbons (Fsp3) is 1.00. The summed E-state index contributed by atoms with van der Waals surface area (Å²) in [5.74, 6) is 0.795. The van der Waals surface area contributed by atoms with Gasteiger partial charge in [-0.05, 0) is 38.1 Å². The minimum Gasteiger partial charge on any atom is -0.380 e. The Morgan fingerprint density at radius 2 is 2.18 bits per heavy atom. The maximum atomic E-state index is 6.17. The van der Waals surface area contributed by atoms with Crippen LogP contribution in [0.25, 0.3) is 0 Å². The summed E-state index contributed by atoms with van der Waals surface area (Å²) in [5, 5.41) is 0. The zero-order valence-electron chi connectivity index (χ0n) is 11.5. The summed E-state index contributed by atoms with van der Waals surface area (Å²) in [7, 11) is 1.84. The largest absolute Gasteiger partial charge is 0.380 e. The highest BCUT2D eigenvalue weighted by atomic mass is 16.5. The van der Waals surface area contributed by atoms with E-state index in [1.54, 1.807) is 0 Å². The molecule has 1 aliphatic heterocycles. The lowest BCUT2D eigenvalue weighted by atomic mass is 9.82.